The van der Waals surface area contributed by atoms with Crippen molar-refractivity contribution in [3.05, 3.63) is 29.3 Å². The minimum absolute atomic E-state index is 0.110. The first-order valence-corrected chi connectivity index (χ1v) is 8.31. The molecule has 0 aromatic heterocycles. The molecule has 4 amide bonds. The second-order valence-corrected chi connectivity index (χ2v) is 6.08. The van der Waals surface area contributed by atoms with Crippen LogP contribution in [0.5, 0.6) is 0 Å². The van der Waals surface area contributed by atoms with E-state index >= 15 is 0 Å². The Bertz CT molecular complexity index is 719. The zero-order valence-electron chi connectivity index (χ0n) is 12.1. The lowest BCUT2D eigenvalue weighted by molar-refractivity contribution is -0.136. The van der Waals surface area contributed by atoms with Crippen molar-refractivity contribution >= 4 is 45.2 Å². The zero-order chi connectivity index (χ0) is 16.6. The van der Waals surface area contributed by atoms with Gasteiger partial charge in [0.25, 0.3) is 11.8 Å². The monoisotopic (exact) mass is 379 g/mol. The summed E-state index contributed by atoms with van der Waals surface area (Å²) in [4.78, 5) is 49.5. The number of hydrogen-bond donors (Lipinski definition) is 2. The van der Waals surface area contributed by atoms with Crippen molar-refractivity contribution in [1.29, 1.82) is 0 Å². The molecule has 2 N–H and O–H groups in total. The average molecular weight is 380 g/mol. The fourth-order valence-corrected chi connectivity index (χ4v) is 3.04. The number of alkyl halides is 1. The summed E-state index contributed by atoms with van der Waals surface area (Å²) in [5.41, 5.74) is 1.12. The van der Waals surface area contributed by atoms with Gasteiger partial charge in [0.2, 0.25) is 11.8 Å². The molecule has 0 aliphatic carbocycles. The number of carbonyl (C=O) groups excluding carboxylic acids is 4. The predicted molar refractivity (Wildman–Crippen MR) is 85.4 cm³/mol. The Morgan fingerprint density at radius 3 is 2.70 bits per heavy atom. The van der Waals surface area contributed by atoms with Gasteiger partial charge in [0.05, 0.1) is 11.1 Å². The molecular weight excluding hydrogens is 366 g/mol. The van der Waals surface area contributed by atoms with E-state index in [1.165, 1.54) is 0 Å². The summed E-state index contributed by atoms with van der Waals surface area (Å²) in [5, 5.41) is 5.95. The molecule has 1 unspecified atom stereocenters. The number of rotatable bonds is 4. The lowest BCUT2D eigenvalue weighted by Gasteiger charge is -2.27. The first kappa shape index (κ1) is 15.7. The van der Waals surface area contributed by atoms with Crippen LogP contribution in [0.4, 0.5) is 5.69 Å². The van der Waals surface area contributed by atoms with Crippen LogP contribution in [0.3, 0.4) is 0 Å². The van der Waals surface area contributed by atoms with Gasteiger partial charge in [0.15, 0.2) is 0 Å². The molecule has 1 fully saturated rings. The van der Waals surface area contributed by atoms with Gasteiger partial charge in [-0.2, -0.15) is 0 Å². The summed E-state index contributed by atoms with van der Waals surface area (Å²) in [6.07, 6.45) is 0.263. The highest BCUT2D eigenvalue weighted by molar-refractivity contribution is 9.09. The van der Waals surface area contributed by atoms with Crippen LogP contribution in [0.1, 0.15) is 33.6 Å². The van der Waals surface area contributed by atoms with E-state index < -0.39 is 23.8 Å². The fraction of sp³-hybridized carbons (Fsp3) is 0.333. The van der Waals surface area contributed by atoms with Crippen molar-refractivity contribution < 1.29 is 19.2 Å². The third-order valence-electron chi connectivity index (χ3n) is 3.88. The summed E-state index contributed by atoms with van der Waals surface area (Å²) in [5.74, 6) is -1.99. The fourth-order valence-electron chi connectivity index (χ4n) is 2.84. The zero-order valence-corrected chi connectivity index (χ0v) is 13.7. The topological polar surface area (TPSA) is 95.6 Å². The number of anilines is 1. The van der Waals surface area contributed by atoms with E-state index in [2.05, 4.69) is 26.6 Å². The minimum Gasteiger partial charge on any atom is -0.384 e. The van der Waals surface area contributed by atoms with Crippen LogP contribution in [0, 0.1) is 0 Å². The van der Waals surface area contributed by atoms with E-state index in [1.807, 2.05) is 0 Å². The Kier molecular flexibility index (Phi) is 4.16. The van der Waals surface area contributed by atoms with E-state index in [0.29, 0.717) is 17.6 Å². The van der Waals surface area contributed by atoms with E-state index in [4.69, 9.17) is 0 Å². The number of imide groups is 2. The maximum atomic E-state index is 12.7. The number of carbonyl (C=O) groups is 4. The van der Waals surface area contributed by atoms with Crippen LogP contribution >= 0.6 is 15.9 Å². The third kappa shape index (κ3) is 2.63. The predicted octanol–water partition coefficient (Wildman–Crippen LogP) is 0.895. The maximum Gasteiger partial charge on any atom is 0.264 e. The minimum atomic E-state index is -0.941. The number of nitrogens with zero attached hydrogens (tertiary/aromatic N) is 1. The van der Waals surface area contributed by atoms with Crippen LogP contribution in [0.2, 0.25) is 0 Å². The molecular formula is C15H14BrN3O4. The van der Waals surface area contributed by atoms with Gasteiger partial charge in [0.1, 0.15) is 6.04 Å². The van der Waals surface area contributed by atoms with Gasteiger partial charge < -0.3 is 5.32 Å². The SMILES string of the molecule is O=C1CCC(N2C(=O)c3cccc(NCCBr)c3C2=O)C(=O)N1. The van der Waals surface area contributed by atoms with Crippen LogP contribution in [-0.4, -0.2) is 46.4 Å². The summed E-state index contributed by atoms with van der Waals surface area (Å²) in [6.45, 7) is 0.594. The number of piperidine rings is 1. The number of hydrogen-bond acceptors (Lipinski definition) is 5. The number of benzene rings is 1. The van der Waals surface area contributed by atoms with Crippen LogP contribution < -0.4 is 10.6 Å². The Hall–Kier alpha value is -2.22. The van der Waals surface area contributed by atoms with Gasteiger partial charge in [-0.25, -0.2) is 0 Å². The van der Waals surface area contributed by atoms with Gasteiger partial charge >= 0.3 is 0 Å². The summed E-state index contributed by atoms with van der Waals surface area (Å²) in [7, 11) is 0. The van der Waals surface area contributed by atoms with Crippen molar-refractivity contribution in [3.8, 4) is 0 Å². The molecule has 1 aromatic rings. The lowest BCUT2D eigenvalue weighted by atomic mass is 10.0. The molecule has 1 atom stereocenters. The molecule has 0 bridgehead atoms. The second-order valence-electron chi connectivity index (χ2n) is 5.29. The molecule has 23 heavy (non-hydrogen) atoms. The summed E-state index contributed by atoms with van der Waals surface area (Å²) in [6, 6.07) is 4.04. The Balaban J connectivity index is 1.94. The molecule has 8 heteroatoms. The highest BCUT2D eigenvalue weighted by atomic mass is 79.9. The smallest absolute Gasteiger partial charge is 0.264 e. The highest BCUT2D eigenvalue weighted by Crippen LogP contribution is 2.32. The first-order chi connectivity index (χ1) is 11.0. The molecule has 7 nitrogen and oxygen atoms in total. The van der Waals surface area contributed by atoms with Crippen molar-refractivity contribution in [3.63, 3.8) is 0 Å². The highest BCUT2D eigenvalue weighted by Gasteiger charge is 2.45. The van der Waals surface area contributed by atoms with Gasteiger partial charge in [0, 0.05) is 24.0 Å². The van der Waals surface area contributed by atoms with Crippen molar-refractivity contribution in [2.45, 2.75) is 18.9 Å². The number of fused-ring (bicyclic) bond motifs is 1. The van der Waals surface area contributed by atoms with E-state index in [0.717, 1.165) is 4.90 Å². The van der Waals surface area contributed by atoms with Crippen molar-refractivity contribution in [2.24, 2.45) is 0 Å². The van der Waals surface area contributed by atoms with Gasteiger partial charge in [-0.3, -0.25) is 29.4 Å². The van der Waals surface area contributed by atoms with E-state index in [-0.39, 0.29) is 29.9 Å². The second kappa shape index (κ2) is 6.11. The van der Waals surface area contributed by atoms with Crippen LogP contribution in [0.25, 0.3) is 0 Å². The Morgan fingerprint density at radius 1 is 1.22 bits per heavy atom. The lowest BCUT2D eigenvalue weighted by Crippen LogP contribution is -2.54. The Labute approximate surface area is 140 Å². The van der Waals surface area contributed by atoms with Gasteiger partial charge in [-0.1, -0.05) is 22.0 Å². The molecule has 0 spiro atoms. The number of halogens is 1. The standard InChI is InChI=1S/C15H14BrN3O4/c16-6-7-17-9-3-1-2-8-12(9)15(23)19(14(8)22)10-4-5-11(20)18-13(10)21/h1-3,10,17H,4-7H2,(H,18,20,21). The van der Waals surface area contributed by atoms with Crippen LogP contribution in [0.15, 0.2) is 18.2 Å². The molecule has 1 aromatic carbocycles. The summed E-state index contributed by atoms with van der Waals surface area (Å²) < 4.78 is 0. The molecule has 2 aliphatic heterocycles. The number of amides is 4. The molecule has 2 heterocycles. The maximum absolute atomic E-state index is 12.7. The van der Waals surface area contributed by atoms with Gasteiger partial charge in [-0.05, 0) is 18.6 Å². The molecule has 1 saturated heterocycles. The number of nitrogens with one attached hydrogen (secondary N) is 2. The van der Waals surface area contributed by atoms with Crippen LogP contribution in [-0.2, 0) is 9.59 Å². The first-order valence-electron chi connectivity index (χ1n) is 7.19. The Morgan fingerprint density at radius 2 is 2.00 bits per heavy atom. The van der Waals surface area contributed by atoms with Crippen molar-refractivity contribution in [2.75, 3.05) is 17.2 Å². The largest absolute Gasteiger partial charge is 0.384 e. The summed E-state index contributed by atoms with van der Waals surface area (Å²) >= 11 is 3.29. The molecule has 3 rings (SSSR count). The average Bonchev–Trinajstić information content (AvgIpc) is 2.78. The van der Waals surface area contributed by atoms with Gasteiger partial charge in [-0.15, -0.1) is 0 Å². The molecule has 0 radical (unpaired) electrons. The van der Waals surface area contributed by atoms with Crippen molar-refractivity contribution in [1.82, 2.24) is 10.2 Å². The normalized spacial score (nSPS) is 20.6. The molecule has 0 saturated carbocycles. The van der Waals surface area contributed by atoms with E-state index in [9.17, 15) is 19.2 Å². The molecule has 2 aliphatic rings. The van der Waals surface area contributed by atoms with E-state index in [1.54, 1.807) is 18.2 Å². The quantitative estimate of drug-likeness (QED) is 0.598. The molecule has 120 valence electrons. The third-order valence-corrected chi connectivity index (χ3v) is 4.27.